The van der Waals surface area contributed by atoms with E-state index in [0.717, 1.165) is 13.0 Å². The van der Waals surface area contributed by atoms with Gasteiger partial charge in [-0.25, -0.2) is 0 Å². The van der Waals surface area contributed by atoms with Crippen molar-refractivity contribution in [2.75, 3.05) is 6.54 Å². The second-order valence-corrected chi connectivity index (χ2v) is 5.65. The van der Waals surface area contributed by atoms with Crippen LogP contribution in [0.3, 0.4) is 0 Å². The van der Waals surface area contributed by atoms with Crippen molar-refractivity contribution in [3.8, 4) is 0 Å². The summed E-state index contributed by atoms with van der Waals surface area (Å²) in [4.78, 5) is 0. The summed E-state index contributed by atoms with van der Waals surface area (Å²) in [5.41, 5.74) is 2.84. The topological polar surface area (TPSA) is 12.0 Å². The summed E-state index contributed by atoms with van der Waals surface area (Å²) in [6, 6.07) is 22.0. The number of hydrogen-bond acceptors (Lipinski definition) is 1. The molecule has 0 aliphatic carbocycles. The number of nitrogens with one attached hydrogen (secondary N) is 1. The molecule has 0 saturated carbocycles. The predicted molar refractivity (Wildman–Crippen MR) is 87.1 cm³/mol. The number of rotatable bonds is 7. The van der Waals surface area contributed by atoms with Crippen molar-refractivity contribution in [3.63, 3.8) is 0 Å². The Bertz CT molecular complexity index is 478. The third-order valence-corrected chi connectivity index (χ3v) is 3.85. The zero-order chi connectivity index (χ0) is 14.2. The van der Waals surface area contributed by atoms with Gasteiger partial charge in [0.15, 0.2) is 0 Å². The van der Waals surface area contributed by atoms with Crippen molar-refractivity contribution in [2.24, 2.45) is 0 Å². The van der Waals surface area contributed by atoms with Gasteiger partial charge in [-0.1, -0.05) is 67.6 Å². The first-order valence-corrected chi connectivity index (χ1v) is 7.58. The first-order valence-electron chi connectivity index (χ1n) is 7.58. The van der Waals surface area contributed by atoms with Crippen LogP contribution in [0.25, 0.3) is 0 Å². The molecule has 2 aromatic carbocycles. The summed E-state index contributed by atoms with van der Waals surface area (Å²) in [6.45, 7) is 5.60. The van der Waals surface area contributed by atoms with Gasteiger partial charge in [-0.3, -0.25) is 0 Å². The van der Waals surface area contributed by atoms with E-state index in [1.165, 1.54) is 17.5 Å². The molecular weight excluding hydrogens is 242 g/mol. The van der Waals surface area contributed by atoms with Crippen molar-refractivity contribution < 1.29 is 0 Å². The molecule has 0 aliphatic heterocycles. The molecule has 1 nitrogen and oxygen atoms in total. The van der Waals surface area contributed by atoms with Crippen LogP contribution >= 0.6 is 0 Å². The van der Waals surface area contributed by atoms with Crippen molar-refractivity contribution in [1.82, 2.24) is 5.32 Å². The van der Waals surface area contributed by atoms with Gasteiger partial charge >= 0.3 is 0 Å². The Balaban J connectivity index is 1.71. The van der Waals surface area contributed by atoms with Crippen LogP contribution in [0.2, 0.25) is 0 Å². The van der Waals surface area contributed by atoms with Gasteiger partial charge in [0, 0.05) is 12.6 Å². The van der Waals surface area contributed by atoms with E-state index in [1.54, 1.807) is 0 Å². The smallest absolute Gasteiger partial charge is 0.00421 e. The summed E-state index contributed by atoms with van der Waals surface area (Å²) in [6.07, 6.45) is 2.33. The number of hydrogen-bond donors (Lipinski definition) is 1. The van der Waals surface area contributed by atoms with E-state index < -0.39 is 0 Å². The standard InChI is InChI=1S/C19H25N/c1-16(19-11-7-4-8-12-19)15-20-17(2)13-14-18-9-5-3-6-10-18/h3-12,16-17,20H,13-15H2,1-2H3/t16-,17+/m1/s1. The largest absolute Gasteiger partial charge is 0.314 e. The zero-order valence-corrected chi connectivity index (χ0v) is 12.5. The average Bonchev–Trinajstić information content (AvgIpc) is 2.52. The molecule has 0 bridgehead atoms. The molecule has 0 unspecified atom stereocenters. The number of benzene rings is 2. The lowest BCUT2D eigenvalue weighted by Gasteiger charge is -2.18. The van der Waals surface area contributed by atoms with E-state index in [2.05, 4.69) is 79.8 Å². The van der Waals surface area contributed by atoms with Crippen LogP contribution in [-0.2, 0) is 6.42 Å². The van der Waals surface area contributed by atoms with Crippen LogP contribution < -0.4 is 5.32 Å². The SMILES string of the molecule is C[C@H](CN[C@@H](C)CCc1ccccc1)c1ccccc1. The van der Waals surface area contributed by atoms with Gasteiger partial charge in [0.25, 0.3) is 0 Å². The molecule has 0 heterocycles. The first-order chi connectivity index (χ1) is 9.75. The fourth-order valence-corrected chi connectivity index (χ4v) is 2.41. The van der Waals surface area contributed by atoms with Crippen LogP contribution in [0.4, 0.5) is 0 Å². The normalized spacial score (nSPS) is 13.9. The van der Waals surface area contributed by atoms with Crippen molar-refractivity contribution >= 4 is 0 Å². The van der Waals surface area contributed by atoms with E-state index in [1.807, 2.05) is 0 Å². The molecule has 2 rings (SSSR count). The maximum Gasteiger partial charge on any atom is 0.00421 e. The molecule has 0 aromatic heterocycles. The Morgan fingerprint density at radius 2 is 1.45 bits per heavy atom. The van der Waals surface area contributed by atoms with Crippen molar-refractivity contribution in [1.29, 1.82) is 0 Å². The van der Waals surface area contributed by atoms with Crippen LogP contribution in [0.1, 0.15) is 37.3 Å². The molecule has 0 aliphatic rings. The molecule has 0 amide bonds. The molecule has 0 radical (unpaired) electrons. The lowest BCUT2D eigenvalue weighted by atomic mass is 10.0. The van der Waals surface area contributed by atoms with Crippen LogP contribution in [-0.4, -0.2) is 12.6 Å². The summed E-state index contributed by atoms with van der Waals surface area (Å²) in [5, 5.41) is 3.65. The Hall–Kier alpha value is -1.60. The molecule has 2 aromatic rings. The highest BCUT2D eigenvalue weighted by atomic mass is 14.9. The second-order valence-electron chi connectivity index (χ2n) is 5.65. The van der Waals surface area contributed by atoms with Gasteiger partial charge in [0.05, 0.1) is 0 Å². The van der Waals surface area contributed by atoms with Gasteiger partial charge in [0.1, 0.15) is 0 Å². The van der Waals surface area contributed by atoms with Crippen molar-refractivity contribution in [2.45, 2.75) is 38.6 Å². The predicted octanol–water partition coefficient (Wildman–Crippen LogP) is 4.40. The molecule has 0 saturated heterocycles. The van der Waals surface area contributed by atoms with E-state index in [4.69, 9.17) is 0 Å². The minimum atomic E-state index is 0.557. The van der Waals surface area contributed by atoms with Gasteiger partial charge in [-0.2, -0.15) is 0 Å². The molecular formula is C19H25N. The summed E-state index contributed by atoms with van der Waals surface area (Å²) in [7, 11) is 0. The summed E-state index contributed by atoms with van der Waals surface area (Å²) in [5.74, 6) is 0.565. The maximum absolute atomic E-state index is 3.65. The van der Waals surface area contributed by atoms with Crippen molar-refractivity contribution in [3.05, 3.63) is 71.8 Å². The van der Waals surface area contributed by atoms with Gasteiger partial charge in [0.2, 0.25) is 0 Å². The lowest BCUT2D eigenvalue weighted by Crippen LogP contribution is -2.30. The Morgan fingerprint density at radius 3 is 2.10 bits per heavy atom. The Kier molecular flexibility index (Phi) is 5.82. The zero-order valence-electron chi connectivity index (χ0n) is 12.5. The van der Waals surface area contributed by atoms with Gasteiger partial charge in [-0.15, -0.1) is 0 Å². The highest BCUT2D eigenvalue weighted by Gasteiger charge is 2.07. The molecule has 20 heavy (non-hydrogen) atoms. The quantitative estimate of drug-likeness (QED) is 0.784. The Morgan fingerprint density at radius 1 is 0.850 bits per heavy atom. The van der Waals surface area contributed by atoms with Crippen LogP contribution in [0.15, 0.2) is 60.7 Å². The fraction of sp³-hybridized carbons (Fsp3) is 0.368. The maximum atomic E-state index is 3.65. The Labute approximate surface area is 123 Å². The van der Waals surface area contributed by atoms with Crippen LogP contribution in [0.5, 0.6) is 0 Å². The average molecular weight is 267 g/mol. The van der Waals surface area contributed by atoms with Crippen LogP contribution in [0, 0.1) is 0 Å². The summed E-state index contributed by atoms with van der Waals surface area (Å²) >= 11 is 0. The minimum absolute atomic E-state index is 0.557. The molecule has 106 valence electrons. The number of aryl methyl sites for hydroxylation is 1. The highest BCUT2D eigenvalue weighted by Crippen LogP contribution is 2.13. The highest BCUT2D eigenvalue weighted by molar-refractivity contribution is 5.19. The fourth-order valence-electron chi connectivity index (χ4n) is 2.41. The lowest BCUT2D eigenvalue weighted by molar-refractivity contribution is 0.492. The van der Waals surface area contributed by atoms with E-state index in [0.29, 0.717) is 12.0 Å². The molecule has 2 atom stereocenters. The van der Waals surface area contributed by atoms with E-state index in [-0.39, 0.29) is 0 Å². The third kappa shape index (κ3) is 4.82. The monoisotopic (exact) mass is 267 g/mol. The van der Waals surface area contributed by atoms with Gasteiger partial charge in [-0.05, 0) is 36.8 Å². The second kappa shape index (κ2) is 7.86. The first kappa shape index (κ1) is 14.8. The molecule has 0 spiro atoms. The van der Waals surface area contributed by atoms with E-state index in [9.17, 15) is 0 Å². The van der Waals surface area contributed by atoms with E-state index >= 15 is 0 Å². The molecule has 0 fully saturated rings. The molecule has 1 N–H and O–H groups in total. The molecule has 1 heteroatoms. The minimum Gasteiger partial charge on any atom is -0.314 e. The summed E-state index contributed by atoms with van der Waals surface area (Å²) < 4.78 is 0. The third-order valence-electron chi connectivity index (χ3n) is 3.85. The van der Waals surface area contributed by atoms with Gasteiger partial charge < -0.3 is 5.32 Å².